The fourth-order valence-electron chi connectivity index (χ4n) is 1.70. The maximum absolute atomic E-state index is 12.1. The van der Waals surface area contributed by atoms with Crippen molar-refractivity contribution in [1.82, 2.24) is 4.98 Å². The second-order valence-electron chi connectivity index (χ2n) is 4.31. The van der Waals surface area contributed by atoms with Crippen LogP contribution in [0.25, 0.3) is 0 Å². The highest BCUT2D eigenvalue weighted by atomic mass is 35.5. The second-order valence-corrected chi connectivity index (χ2v) is 4.70. The van der Waals surface area contributed by atoms with Gasteiger partial charge in [0.05, 0.1) is 7.11 Å². The number of methoxy groups -OCH3 is 1. The molecule has 1 N–H and O–H groups in total. The molecule has 1 amide bonds. The van der Waals surface area contributed by atoms with Crippen LogP contribution in [-0.4, -0.2) is 23.8 Å². The molecule has 0 spiro atoms. The van der Waals surface area contributed by atoms with Gasteiger partial charge in [0.2, 0.25) is 5.88 Å². The van der Waals surface area contributed by atoms with Crippen LogP contribution >= 0.6 is 11.6 Å². The maximum Gasteiger partial charge on any atom is 0.255 e. The average molecular weight is 305 g/mol. The third-order valence-electron chi connectivity index (χ3n) is 2.79. The molecule has 0 saturated carbocycles. The molecule has 6 heteroatoms. The van der Waals surface area contributed by atoms with Crippen LogP contribution in [0.15, 0.2) is 36.4 Å². The highest BCUT2D eigenvalue weighted by molar-refractivity contribution is 6.30. The number of pyridine rings is 1. The predicted octanol–water partition coefficient (Wildman–Crippen LogP) is 3.20. The molecule has 1 heterocycles. The molecule has 0 unspecified atom stereocenters. The summed E-state index contributed by atoms with van der Waals surface area (Å²) in [6.07, 6.45) is 0. The third kappa shape index (κ3) is 3.79. The molecule has 0 atom stereocenters. The van der Waals surface area contributed by atoms with Crippen molar-refractivity contribution < 1.29 is 14.3 Å². The van der Waals surface area contributed by atoms with Crippen LogP contribution < -0.4 is 10.1 Å². The number of Topliss-reactive ketones (excluding diaryl/α,β-unsaturated/α-hetero) is 1. The molecule has 0 aliphatic heterocycles. The van der Waals surface area contributed by atoms with Crippen molar-refractivity contribution in [1.29, 1.82) is 0 Å². The molecule has 0 bridgehead atoms. The molecule has 2 aromatic rings. The Morgan fingerprint density at radius 2 is 1.81 bits per heavy atom. The Morgan fingerprint density at radius 1 is 1.14 bits per heavy atom. The van der Waals surface area contributed by atoms with Gasteiger partial charge in [-0.3, -0.25) is 9.59 Å². The first-order valence-electron chi connectivity index (χ1n) is 6.13. The minimum Gasteiger partial charge on any atom is -0.481 e. The smallest absolute Gasteiger partial charge is 0.255 e. The number of halogens is 1. The van der Waals surface area contributed by atoms with Gasteiger partial charge in [-0.1, -0.05) is 11.6 Å². The lowest BCUT2D eigenvalue weighted by atomic mass is 10.1. The zero-order valence-electron chi connectivity index (χ0n) is 11.5. The molecule has 0 radical (unpaired) electrons. The van der Waals surface area contributed by atoms with Crippen molar-refractivity contribution in [2.45, 2.75) is 6.92 Å². The summed E-state index contributed by atoms with van der Waals surface area (Å²) in [6.45, 7) is 1.48. The Labute approximate surface area is 126 Å². The van der Waals surface area contributed by atoms with E-state index < -0.39 is 0 Å². The molecule has 0 aliphatic carbocycles. The van der Waals surface area contributed by atoms with Crippen LogP contribution in [0, 0.1) is 0 Å². The molecule has 5 nitrogen and oxygen atoms in total. The average Bonchev–Trinajstić information content (AvgIpc) is 2.47. The number of nitrogens with one attached hydrogen (secondary N) is 1. The van der Waals surface area contributed by atoms with Crippen molar-refractivity contribution in [3.63, 3.8) is 0 Å². The molecule has 0 fully saturated rings. The Hall–Kier alpha value is -2.40. The molecule has 1 aromatic carbocycles. The standard InChI is InChI=1S/C15H13ClN2O3/c1-9(19)10-3-5-12(6-4-10)17-15(20)11-7-13(16)18-14(8-11)21-2/h3-8H,1-2H3,(H,17,20). The van der Waals surface area contributed by atoms with E-state index in [2.05, 4.69) is 10.3 Å². The number of hydrogen-bond donors (Lipinski definition) is 1. The molecule has 0 aliphatic rings. The fourth-order valence-corrected chi connectivity index (χ4v) is 1.90. The van der Waals surface area contributed by atoms with Gasteiger partial charge >= 0.3 is 0 Å². The molecular formula is C15H13ClN2O3. The number of carbonyl (C=O) groups excluding carboxylic acids is 2. The van der Waals surface area contributed by atoms with Crippen LogP contribution in [0.2, 0.25) is 5.15 Å². The molecule has 1 aromatic heterocycles. The predicted molar refractivity (Wildman–Crippen MR) is 80.2 cm³/mol. The van der Waals surface area contributed by atoms with Gasteiger partial charge in [-0.2, -0.15) is 0 Å². The molecule has 108 valence electrons. The van der Waals surface area contributed by atoms with Crippen LogP contribution in [0.4, 0.5) is 5.69 Å². The number of rotatable bonds is 4. The first-order valence-corrected chi connectivity index (χ1v) is 6.51. The van der Waals surface area contributed by atoms with E-state index in [9.17, 15) is 9.59 Å². The Morgan fingerprint density at radius 3 is 2.38 bits per heavy atom. The molecule has 2 rings (SSSR count). The number of ketones is 1. The number of nitrogens with zero attached hydrogens (tertiary/aromatic N) is 1. The summed E-state index contributed by atoms with van der Waals surface area (Å²) in [6, 6.07) is 9.56. The summed E-state index contributed by atoms with van der Waals surface area (Å²) < 4.78 is 4.97. The van der Waals surface area contributed by atoms with Crippen molar-refractivity contribution in [3.05, 3.63) is 52.7 Å². The maximum atomic E-state index is 12.1. The largest absolute Gasteiger partial charge is 0.481 e. The Bertz CT molecular complexity index is 684. The van der Waals surface area contributed by atoms with Crippen molar-refractivity contribution in [3.8, 4) is 5.88 Å². The number of benzene rings is 1. The third-order valence-corrected chi connectivity index (χ3v) is 2.98. The Kier molecular flexibility index (Phi) is 4.55. The first kappa shape index (κ1) is 15.0. The van der Waals surface area contributed by atoms with Crippen LogP contribution in [0.5, 0.6) is 5.88 Å². The Balaban J connectivity index is 2.17. The zero-order chi connectivity index (χ0) is 15.4. The summed E-state index contributed by atoms with van der Waals surface area (Å²) >= 11 is 5.82. The van der Waals surface area contributed by atoms with Gasteiger partial charge in [0.1, 0.15) is 5.15 Å². The normalized spacial score (nSPS) is 10.0. The first-order chi connectivity index (χ1) is 9.99. The van der Waals surface area contributed by atoms with Crippen LogP contribution in [0.1, 0.15) is 27.6 Å². The highest BCUT2D eigenvalue weighted by Crippen LogP contribution is 2.18. The zero-order valence-corrected chi connectivity index (χ0v) is 12.3. The number of ether oxygens (including phenoxy) is 1. The summed E-state index contributed by atoms with van der Waals surface area (Å²) in [5, 5.41) is 2.88. The highest BCUT2D eigenvalue weighted by Gasteiger charge is 2.10. The van der Waals surface area contributed by atoms with Crippen LogP contribution in [-0.2, 0) is 0 Å². The molecule has 0 saturated heterocycles. The lowest BCUT2D eigenvalue weighted by molar-refractivity contribution is 0.101. The van der Waals surface area contributed by atoms with Gasteiger partial charge in [-0.05, 0) is 37.3 Å². The monoisotopic (exact) mass is 304 g/mol. The fraction of sp³-hybridized carbons (Fsp3) is 0.133. The summed E-state index contributed by atoms with van der Waals surface area (Å²) in [4.78, 5) is 27.2. The van der Waals surface area contributed by atoms with Gasteiger partial charge in [0.15, 0.2) is 5.78 Å². The lowest BCUT2D eigenvalue weighted by Crippen LogP contribution is -2.12. The lowest BCUT2D eigenvalue weighted by Gasteiger charge is -2.07. The van der Waals surface area contributed by atoms with Crippen molar-refractivity contribution in [2.75, 3.05) is 12.4 Å². The second kappa shape index (κ2) is 6.37. The quantitative estimate of drug-likeness (QED) is 0.695. The van der Waals surface area contributed by atoms with E-state index in [1.54, 1.807) is 24.3 Å². The van der Waals surface area contributed by atoms with E-state index in [1.807, 2.05) is 0 Å². The van der Waals surface area contributed by atoms with Gasteiger partial charge in [0, 0.05) is 22.9 Å². The topological polar surface area (TPSA) is 68.3 Å². The summed E-state index contributed by atoms with van der Waals surface area (Å²) in [5.74, 6) is -0.105. The van der Waals surface area contributed by atoms with E-state index >= 15 is 0 Å². The SMILES string of the molecule is COc1cc(C(=O)Nc2ccc(C(C)=O)cc2)cc(Cl)n1. The van der Waals surface area contributed by atoms with E-state index in [4.69, 9.17) is 16.3 Å². The van der Waals surface area contributed by atoms with Gasteiger partial charge in [-0.15, -0.1) is 0 Å². The van der Waals surface area contributed by atoms with E-state index in [0.717, 1.165) is 0 Å². The van der Waals surface area contributed by atoms with E-state index in [0.29, 0.717) is 16.8 Å². The van der Waals surface area contributed by atoms with E-state index in [-0.39, 0.29) is 22.7 Å². The number of anilines is 1. The minimum absolute atomic E-state index is 0.0291. The van der Waals surface area contributed by atoms with E-state index in [1.165, 1.54) is 26.2 Å². The van der Waals surface area contributed by atoms with Gasteiger partial charge in [-0.25, -0.2) is 4.98 Å². The molecular weight excluding hydrogens is 292 g/mol. The van der Waals surface area contributed by atoms with Crippen LogP contribution in [0.3, 0.4) is 0 Å². The number of amides is 1. The number of carbonyl (C=O) groups is 2. The van der Waals surface area contributed by atoms with Gasteiger partial charge in [0.25, 0.3) is 5.91 Å². The minimum atomic E-state index is -0.340. The number of hydrogen-bond acceptors (Lipinski definition) is 4. The van der Waals surface area contributed by atoms with Gasteiger partial charge < -0.3 is 10.1 Å². The summed E-state index contributed by atoms with van der Waals surface area (Å²) in [7, 11) is 1.45. The summed E-state index contributed by atoms with van der Waals surface area (Å²) in [5.41, 5.74) is 1.50. The van der Waals surface area contributed by atoms with Crippen molar-refractivity contribution in [2.24, 2.45) is 0 Å². The molecule has 21 heavy (non-hydrogen) atoms. The van der Waals surface area contributed by atoms with Crippen molar-refractivity contribution >= 4 is 29.0 Å². The number of aromatic nitrogens is 1.